The molecule has 0 spiro atoms. The third kappa shape index (κ3) is 2.17. The number of hydrogen-bond acceptors (Lipinski definition) is 2. The second kappa shape index (κ2) is 3.01. The SMILES string of the molecule is [N-]=[N+]=NC(=O)C(=O)Cl. The normalized spacial score (nSPS) is 7.12. The van der Waals surface area contributed by atoms with Gasteiger partial charge in [-0.25, -0.2) is 0 Å². The van der Waals surface area contributed by atoms with Gasteiger partial charge in [-0.1, -0.05) is 0 Å². The van der Waals surface area contributed by atoms with E-state index in [1.54, 1.807) is 0 Å². The number of amides is 1. The Labute approximate surface area is 48.9 Å². The molecule has 0 rings (SSSR count). The molecule has 0 atom stereocenters. The number of halogens is 1. The minimum absolute atomic E-state index is 1.28. The summed E-state index contributed by atoms with van der Waals surface area (Å²) < 4.78 is 0. The van der Waals surface area contributed by atoms with Gasteiger partial charge in [-0.05, 0) is 22.2 Å². The van der Waals surface area contributed by atoms with Gasteiger partial charge in [0, 0.05) is 4.91 Å². The number of carbonyl (C=O) groups is 2. The van der Waals surface area contributed by atoms with Crippen molar-refractivity contribution < 1.29 is 9.59 Å². The summed E-state index contributed by atoms with van der Waals surface area (Å²) in [6.07, 6.45) is 0. The summed E-state index contributed by atoms with van der Waals surface area (Å²) in [5.74, 6) is -1.28. The van der Waals surface area contributed by atoms with Crippen molar-refractivity contribution in [1.29, 1.82) is 0 Å². The van der Waals surface area contributed by atoms with Gasteiger partial charge in [0.2, 0.25) is 0 Å². The molecule has 0 saturated carbocycles. The topological polar surface area (TPSA) is 82.9 Å². The molecule has 5 nitrogen and oxygen atoms in total. The maximum Gasteiger partial charge on any atom is 0.300 e. The zero-order valence-corrected chi connectivity index (χ0v) is 4.29. The Bertz CT molecular complexity index is 166. The smallest absolute Gasteiger partial charge is 0.282 e. The summed E-state index contributed by atoms with van der Waals surface area (Å²) in [7, 11) is 0. The first kappa shape index (κ1) is 6.94. The van der Waals surface area contributed by atoms with Gasteiger partial charge in [0.1, 0.15) is 0 Å². The van der Waals surface area contributed by atoms with Crippen LogP contribution in [0.15, 0.2) is 5.11 Å². The molecule has 0 N–H and O–H groups in total. The third-order valence-electron chi connectivity index (χ3n) is 0.304. The van der Waals surface area contributed by atoms with Gasteiger partial charge in [0.05, 0.1) is 0 Å². The van der Waals surface area contributed by atoms with Crippen LogP contribution in [0.3, 0.4) is 0 Å². The van der Waals surface area contributed by atoms with E-state index in [2.05, 4.69) is 16.7 Å². The molecular weight excluding hydrogens is 133 g/mol. The third-order valence-corrected chi connectivity index (χ3v) is 0.465. The van der Waals surface area contributed by atoms with E-state index in [0.29, 0.717) is 0 Å². The van der Waals surface area contributed by atoms with Crippen LogP contribution in [0.5, 0.6) is 0 Å². The minimum Gasteiger partial charge on any atom is -0.282 e. The summed E-state index contributed by atoms with van der Waals surface area (Å²) in [4.78, 5) is 21.6. The van der Waals surface area contributed by atoms with E-state index in [1.807, 2.05) is 4.91 Å². The van der Waals surface area contributed by atoms with Gasteiger partial charge in [0.25, 0.3) is 5.24 Å². The Morgan fingerprint density at radius 3 is 2.25 bits per heavy atom. The molecule has 0 fully saturated rings. The van der Waals surface area contributed by atoms with Crippen molar-refractivity contribution in [2.75, 3.05) is 0 Å². The molecule has 0 aliphatic heterocycles. The summed E-state index contributed by atoms with van der Waals surface area (Å²) in [5.41, 5.74) is 7.51. The lowest BCUT2D eigenvalue weighted by Crippen LogP contribution is -2.00. The molecule has 0 bridgehead atoms. The Kier molecular flexibility index (Phi) is 2.61. The molecule has 0 aromatic heterocycles. The fourth-order valence-corrected chi connectivity index (χ4v) is 0.118. The van der Waals surface area contributed by atoms with E-state index < -0.39 is 11.1 Å². The van der Waals surface area contributed by atoms with Crippen LogP contribution in [-0.2, 0) is 9.59 Å². The van der Waals surface area contributed by atoms with Crippen LogP contribution in [0.25, 0.3) is 10.4 Å². The van der Waals surface area contributed by atoms with Crippen LogP contribution in [0.4, 0.5) is 0 Å². The molecule has 0 saturated heterocycles. The zero-order chi connectivity index (χ0) is 6.57. The van der Waals surface area contributed by atoms with Gasteiger partial charge >= 0.3 is 5.91 Å². The van der Waals surface area contributed by atoms with Crippen molar-refractivity contribution in [2.45, 2.75) is 0 Å². The maximum atomic E-state index is 9.84. The zero-order valence-electron chi connectivity index (χ0n) is 3.54. The molecule has 1 amide bonds. The largest absolute Gasteiger partial charge is 0.300 e. The van der Waals surface area contributed by atoms with Crippen LogP contribution < -0.4 is 0 Å². The summed E-state index contributed by atoms with van der Waals surface area (Å²) >= 11 is 4.55. The Morgan fingerprint density at radius 2 is 2.12 bits per heavy atom. The lowest BCUT2D eigenvalue weighted by molar-refractivity contribution is -0.131. The lowest BCUT2D eigenvalue weighted by Gasteiger charge is -1.72. The van der Waals surface area contributed by atoms with E-state index >= 15 is 0 Å². The quantitative estimate of drug-likeness (QED) is 0.172. The average molecular weight is 133 g/mol. The lowest BCUT2D eigenvalue weighted by atomic mass is 10.7. The second-order valence-corrected chi connectivity index (χ2v) is 1.11. The van der Waals surface area contributed by atoms with E-state index in [4.69, 9.17) is 5.53 Å². The first-order valence-corrected chi connectivity index (χ1v) is 1.85. The summed E-state index contributed by atoms with van der Waals surface area (Å²) in [5, 5.41) is 1.11. The highest BCUT2D eigenvalue weighted by atomic mass is 35.5. The Morgan fingerprint density at radius 1 is 1.62 bits per heavy atom. The molecule has 0 aromatic rings. The number of hydrogen-bond donors (Lipinski definition) is 0. The number of azide groups is 1. The fourth-order valence-electron chi connectivity index (χ4n) is 0.0799. The first-order valence-electron chi connectivity index (χ1n) is 1.47. The van der Waals surface area contributed by atoms with Crippen LogP contribution in [-0.4, -0.2) is 11.1 Å². The van der Waals surface area contributed by atoms with Crippen molar-refractivity contribution in [3.05, 3.63) is 10.4 Å². The predicted octanol–water partition coefficient (Wildman–Crippen LogP) is 0.589. The first-order chi connectivity index (χ1) is 3.68. The van der Waals surface area contributed by atoms with Gasteiger partial charge < -0.3 is 0 Å². The van der Waals surface area contributed by atoms with Gasteiger partial charge in [-0.3, -0.25) is 9.59 Å². The Balaban J connectivity index is 4.05. The molecular formula is C2ClN3O2. The molecule has 0 aliphatic rings. The van der Waals surface area contributed by atoms with Crippen molar-refractivity contribution >= 4 is 22.8 Å². The molecule has 0 unspecified atom stereocenters. The highest BCUT2D eigenvalue weighted by Gasteiger charge is 2.04. The standard InChI is InChI=1S/C2ClN3O2/c3-1(7)2(8)5-6-4. The predicted molar refractivity (Wildman–Crippen MR) is 25.0 cm³/mol. The van der Waals surface area contributed by atoms with Crippen molar-refractivity contribution in [1.82, 2.24) is 0 Å². The number of carbonyl (C=O) groups excluding carboxylic acids is 2. The number of rotatable bonds is 1. The van der Waals surface area contributed by atoms with Crippen LogP contribution in [0.2, 0.25) is 0 Å². The van der Waals surface area contributed by atoms with E-state index in [0.717, 1.165) is 0 Å². The summed E-state index contributed by atoms with van der Waals surface area (Å²) in [6, 6.07) is 0. The minimum atomic E-state index is -1.28. The van der Waals surface area contributed by atoms with Crippen LogP contribution >= 0.6 is 11.6 Å². The second-order valence-electron chi connectivity index (χ2n) is 0.768. The fraction of sp³-hybridized carbons (Fsp3) is 0. The monoisotopic (exact) mass is 133 g/mol. The summed E-state index contributed by atoms with van der Waals surface area (Å²) in [6.45, 7) is 0. The molecule has 0 radical (unpaired) electrons. The number of nitrogens with zero attached hydrogens (tertiary/aromatic N) is 3. The van der Waals surface area contributed by atoms with Crippen molar-refractivity contribution in [2.24, 2.45) is 5.11 Å². The van der Waals surface area contributed by atoms with Crippen LogP contribution in [0.1, 0.15) is 0 Å². The van der Waals surface area contributed by atoms with E-state index in [-0.39, 0.29) is 0 Å². The highest BCUT2D eigenvalue weighted by Crippen LogP contribution is 1.83. The molecule has 8 heavy (non-hydrogen) atoms. The van der Waals surface area contributed by atoms with Gasteiger partial charge in [0.15, 0.2) is 0 Å². The van der Waals surface area contributed by atoms with Gasteiger partial charge in [-0.15, -0.1) is 0 Å². The highest BCUT2D eigenvalue weighted by molar-refractivity contribution is 6.81. The van der Waals surface area contributed by atoms with Crippen molar-refractivity contribution in [3.8, 4) is 0 Å². The van der Waals surface area contributed by atoms with E-state index in [1.165, 1.54) is 0 Å². The van der Waals surface area contributed by atoms with E-state index in [9.17, 15) is 9.59 Å². The molecule has 0 aromatic carbocycles. The van der Waals surface area contributed by atoms with Gasteiger partial charge in [-0.2, -0.15) is 0 Å². The average Bonchev–Trinajstić information content (AvgIpc) is 1.67. The molecule has 0 heterocycles. The molecule has 0 aliphatic carbocycles. The molecule has 42 valence electrons. The van der Waals surface area contributed by atoms with Crippen LogP contribution in [0, 0.1) is 0 Å². The molecule has 6 heteroatoms. The Hall–Kier alpha value is -1.06. The maximum absolute atomic E-state index is 9.84. The van der Waals surface area contributed by atoms with Crippen molar-refractivity contribution in [3.63, 3.8) is 0 Å².